The fraction of sp³-hybridized carbons (Fsp3) is 0.750. The standard InChI is InChI=1S/C28H42N2O6/c1-6-14-29(20-12-10-9-11-13-20)25(33)23-28-16-18(4)27(5,36-28)22(26(34)35-15-7-2)21(28)24(32)30(23)19(8-3)17-31/h6-7,18-23,31H,1-2,8-17H2,3-5H3/t18?,19-,21-,22+,23?,27-,28?/m0/s1. The number of rotatable bonds is 10. The number of aliphatic hydroxyl groups is 1. The van der Waals surface area contributed by atoms with Crippen LogP contribution in [0.4, 0.5) is 0 Å². The zero-order valence-electron chi connectivity index (χ0n) is 22.0. The fourth-order valence-corrected chi connectivity index (χ4v) is 7.46. The Morgan fingerprint density at radius 1 is 1.28 bits per heavy atom. The molecule has 2 bridgehead atoms. The fourth-order valence-electron chi connectivity index (χ4n) is 7.46. The maximum Gasteiger partial charge on any atom is 0.313 e. The highest BCUT2D eigenvalue weighted by Gasteiger charge is 2.80. The average Bonchev–Trinajstić information content (AvgIpc) is 3.39. The quantitative estimate of drug-likeness (QED) is 0.365. The molecule has 3 unspecified atom stereocenters. The Hall–Kier alpha value is -2.19. The van der Waals surface area contributed by atoms with Crippen LogP contribution in [0.2, 0.25) is 0 Å². The van der Waals surface area contributed by atoms with E-state index in [9.17, 15) is 19.5 Å². The molecular weight excluding hydrogens is 460 g/mol. The first-order chi connectivity index (χ1) is 17.2. The third-order valence-corrected chi connectivity index (χ3v) is 9.28. The van der Waals surface area contributed by atoms with Crippen LogP contribution in [0.1, 0.15) is 65.7 Å². The Labute approximate surface area is 214 Å². The van der Waals surface area contributed by atoms with Gasteiger partial charge in [-0.05, 0) is 38.5 Å². The molecule has 8 heteroatoms. The smallest absolute Gasteiger partial charge is 0.313 e. The lowest BCUT2D eigenvalue weighted by molar-refractivity contribution is -0.163. The van der Waals surface area contributed by atoms with Gasteiger partial charge in [-0.1, -0.05) is 51.8 Å². The SMILES string of the molecule is C=CCOC(=O)[C@H]1[C@H]2C(=O)N([C@@H](CC)CO)C(C(=O)N(CC=C)C3CCCCC3)C23CC(C)[C@]1(C)O3. The predicted octanol–water partition coefficient (Wildman–Crippen LogP) is 2.84. The number of amides is 2. The number of carbonyl (C=O) groups is 3. The van der Waals surface area contributed by atoms with Crippen LogP contribution in [0.15, 0.2) is 25.3 Å². The Bertz CT molecular complexity index is 896. The van der Waals surface area contributed by atoms with Gasteiger partial charge in [-0.2, -0.15) is 0 Å². The monoisotopic (exact) mass is 502 g/mol. The molecule has 3 saturated heterocycles. The van der Waals surface area contributed by atoms with E-state index in [1.54, 1.807) is 11.0 Å². The van der Waals surface area contributed by atoms with Crippen molar-refractivity contribution in [3.63, 3.8) is 0 Å². The van der Waals surface area contributed by atoms with Crippen molar-refractivity contribution < 1.29 is 29.0 Å². The second-order valence-corrected chi connectivity index (χ2v) is 11.2. The lowest BCUT2D eigenvalue weighted by atomic mass is 9.62. The molecule has 0 aromatic rings. The molecule has 2 amide bonds. The van der Waals surface area contributed by atoms with Crippen LogP contribution in [0, 0.1) is 17.8 Å². The second-order valence-electron chi connectivity index (χ2n) is 11.2. The molecule has 4 aliphatic rings. The molecule has 1 N–H and O–H groups in total. The van der Waals surface area contributed by atoms with E-state index in [-0.39, 0.29) is 37.0 Å². The molecule has 0 aromatic carbocycles. The molecule has 7 atom stereocenters. The van der Waals surface area contributed by atoms with Gasteiger partial charge in [0.25, 0.3) is 0 Å². The summed E-state index contributed by atoms with van der Waals surface area (Å²) in [5.41, 5.74) is -2.06. The van der Waals surface area contributed by atoms with Gasteiger partial charge in [0, 0.05) is 12.6 Å². The minimum absolute atomic E-state index is 0.0444. The average molecular weight is 503 g/mol. The molecule has 1 saturated carbocycles. The summed E-state index contributed by atoms with van der Waals surface area (Å²) in [6.07, 6.45) is 9.32. The number of esters is 1. The van der Waals surface area contributed by atoms with Gasteiger partial charge in [0.15, 0.2) is 0 Å². The van der Waals surface area contributed by atoms with Gasteiger partial charge in [-0.3, -0.25) is 14.4 Å². The van der Waals surface area contributed by atoms with E-state index in [1.165, 1.54) is 6.08 Å². The lowest BCUT2D eigenvalue weighted by Gasteiger charge is -2.42. The normalized spacial score (nSPS) is 36.4. The van der Waals surface area contributed by atoms with Crippen LogP contribution in [-0.2, 0) is 23.9 Å². The molecule has 3 heterocycles. The number of carbonyl (C=O) groups excluding carboxylic acids is 3. The molecule has 0 radical (unpaired) electrons. The number of hydrogen-bond donors (Lipinski definition) is 1. The maximum absolute atomic E-state index is 14.5. The number of likely N-dealkylation sites (tertiary alicyclic amines) is 1. The first-order valence-electron chi connectivity index (χ1n) is 13.5. The summed E-state index contributed by atoms with van der Waals surface area (Å²) in [7, 11) is 0. The van der Waals surface area contributed by atoms with Crippen molar-refractivity contribution in [3.8, 4) is 0 Å². The zero-order valence-corrected chi connectivity index (χ0v) is 22.0. The zero-order chi connectivity index (χ0) is 26.3. The van der Waals surface area contributed by atoms with Gasteiger partial charge in [0.2, 0.25) is 11.8 Å². The minimum atomic E-state index is -1.14. The van der Waals surface area contributed by atoms with Crippen LogP contribution in [-0.4, -0.2) is 81.8 Å². The van der Waals surface area contributed by atoms with Crippen molar-refractivity contribution in [1.82, 2.24) is 9.80 Å². The molecule has 8 nitrogen and oxygen atoms in total. The van der Waals surface area contributed by atoms with Crippen LogP contribution < -0.4 is 0 Å². The predicted molar refractivity (Wildman–Crippen MR) is 135 cm³/mol. The van der Waals surface area contributed by atoms with Crippen LogP contribution >= 0.6 is 0 Å². The summed E-state index contributed by atoms with van der Waals surface area (Å²) in [4.78, 5) is 45.4. The Morgan fingerprint density at radius 3 is 2.56 bits per heavy atom. The summed E-state index contributed by atoms with van der Waals surface area (Å²) in [6.45, 7) is 13.5. The molecule has 4 fully saturated rings. The van der Waals surface area contributed by atoms with E-state index >= 15 is 0 Å². The highest BCUT2D eigenvalue weighted by Crippen LogP contribution is 2.65. The van der Waals surface area contributed by atoms with Gasteiger partial charge in [-0.15, -0.1) is 6.58 Å². The topological polar surface area (TPSA) is 96.4 Å². The Morgan fingerprint density at radius 2 is 1.97 bits per heavy atom. The van der Waals surface area contributed by atoms with Crippen molar-refractivity contribution in [3.05, 3.63) is 25.3 Å². The van der Waals surface area contributed by atoms with Gasteiger partial charge >= 0.3 is 5.97 Å². The largest absolute Gasteiger partial charge is 0.461 e. The van der Waals surface area contributed by atoms with E-state index < -0.39 is 41.1 Å². The van der Waals surface area contributed by atoms with Crippen LogP contribution in [0.25, 0.3) is 0 Å². The number of aliphatic hydroxyl groups excluding tert-OH is 1. The summed E-state index contributed by atoms with van der Waals surface area (Å²) in [5.74, 6) is -2.68. The summed E-state index contributed by atoms with van der Waals surface area (Å²) in [6, 6.07) is -1.37. The number of fused-ring (bicyclic) bond motifs is 1. The van der Waals surface area contributed by atoms with Crippen molar-refractivity contribution in [2.24, 2.45) is 17.8 Å². The van der Waals surface area contributed by atoms with Gasteiger partial charge in [-0.25, -0.2) is 0 Å². The number of hydrogen-bond acceptors (Lipinski definition) is 6. The summed E-state index contributed by atoms with van der Waals surface area (Å²) < 4.78 is 12.2. The van der Waals surface area contributed by atoms with Gasteiger partial charge < -0.3 is 24.4 Å². The number of nitrogens with zero attached hydrogens (tertiary/aromatic N) is 2. The Balaban J connectivity index is 1.81. The van der Waals surface area contributed by atoms with Gasteiger partial charge in [0.1, 0.15) is 24.2 Å². The molecule has 3 aliphatic heterocycles. The van der Waals surface area contributed by atoms with E-state index in [0.29, 0.717) is 19.4 Å². The first kappa shape index (κ1) is 26.9. The van der Waals surface area contributed by atoms with Crippen molar-refractivity contribution in [2.75, 3.05) is 19.8 Å². The lowest BCUT2D eigenvalue weighted by Crippen LogP contribution is -2.60. The highest BCUT2D eigenvalue weighted by molar-refractivity contribution is 5.99. The molecular formula is C28H42N2O6. The van der Waals surface area contributed by atoms with Crippen molar-refractivity contribution >= 4 is 17.8 Å². The third-order valence-electron chi connectivity index (χ3n) is 9.28. The van der Waals surface area contributed by atoms with Crippen LogP contribution in [0.3, 0.4) is 0 Å². The van der Waals surface area contributed by atoms with Crippen molar-refractivity contribution in [2.45, 2.75) is 95.0 Å². The van der Waals surface area contributed by atoms with Crippen LogP contribution in [0.5, 0.6) is 0 Å². The van der Waals surface area contributed by atoms with E-state index in [1.807, 2.05) is 25.7 Å². The van der Waals surface area contributed by atoms with Crippen molar-refractivity contribution in [1.29, 1.82) is 0 Å². The molecule has 36 heavy (non-hydrogen) atoms. The van der Waals surface area contributed by atoms with E-state index in [4.69, 9.17) is 9.47 Å². The first-order valence-corrected chi connectivity index (χ1v) is 13.5. The summed E-state index contributed by atoms with van der Waals surface area (Å²) >= 11 is 0. The van der Waals surface area contributed by atoms with E-state index in [2.05, 4.69) is 13.2 Å². The molecule has 4 rings (SSSR count). The highest BCUT2D eigenvalue weighted by atomic mass is 16.6. The maximum atomic E-state index is 14.5. The molecule has 0 aromatic heterocycles. The molecule has 200 valence electrons. The van der Waals surface area contributed by atoms with Gasteiger partial charge in [0.05, 0.1) is 24.2 Å². The second kappa shape index (κ2) is 10.3. The van der Waals surface area contributed by atoms with E-state index in [0.717, 1.165) is 32.1 Å². The number of ether oxygens (including phenoxy) is 2. The third kappa shape index (κ3) is 3.92. The minimum Gasteiger partial charge on any atom is -0.461 e. The molecule has 1 spiro atoms. The Kier molecular flexibility index (Phi) is 7.68. The summed E-state index contributed by atoms with van der Waals surface area (Å²) in [5, 5.41) is 10.2. The molecule has 1 aliphatic carbocycles.